The van der Waals surface area contributed by atoms with Gasteiger partial charge in [0, 0.05) is 21.1 Å². The van der Waals surface area contributed by atoms with E-state index < -0.39 is 0 Å². The molecule has 0 aliphatic rings. The smallest absolute Gasteiger partial charge is 0.272 e. The molecule has 0 aliphatic carbocycles. The van der Waals surface area contributed by atoms with Crippen molar-refractivity contribution in [2.45, 2.75) is 6.92 Å². The number of H-pyrrole nitrogens is 1. The van der Waals surface area contributed by atoms with Crippen molar-refractivity contribution in [1.29, 1.82) is 0 Å². The minimum atomic E-state index is -0.138. The molecule has 0 saturated heterocycles. The number of fused-ring (bicyclic) bond motifs is 1. The van der Waals surface area contributed by atoms with Gasteiger partial charge in [0.2, 0.25) is 0 Å². The summed E-state index contributed by atoms with van der Waals surface area (Å²) in [5, 5.41) is 3.92. The predicted molar refractivity (Wildman–Crippen MR) is 85.1 cm³/mol. The van der Waals surface area contributed by atoms with Crippen molar-refractivity contribution in [2.24, 2.45) is 0 Å². The van der Waals surface area contributed by atoms with Crippen LogP contribution in [0.25, 0.3) is 10.9 Å². The lowest BCUT2D eigenvalue weighted by molar-refractivity contribution is 0.102. The third-order valence-electron chi connectivity index (χ3n) is 3.12. The van der Waals surface area contributed by atoms with Gasteiger partial charge in [0.25, 0.3) is 5.91 Å². The molecule has 0 aliphatic heterocycles. The Labute approximate surface area is 125 Å². The van der Waals surface area contributed by atoms with Crippen molar-refractivity contribution >= 4 is 38.4 Å². The fourth-order valence-corrected chi connectivity index (χ4v) is 2.37. The van der Waals surface area contributed by atoms with Crippen molar-refractivity contribution in [1.82, 2.24) is 4.98 Å². The molecule has 0 radical (unpaired) electrons. The molecular formula is C16H13BrN2O. The Kier molecular flexibility index (Phi) is 3.32. The highest BCUT2D eigenvalue weighted by molar-refractivity contribution is 9.10. The fourth-order valence-electron chi connectivity index (χ4n) is 2.11. The van der Waals surface area contributed by atoms with Crippen LogP contribution in [-0.2, 0) is 0 Å². The van der Waals surface area contributed by atoms with Gasteiger partial charge in [-0.25, -0.2) is 0 Å². The molecule has 4 heteroatoms. The number of amides is 1. The van der Waals surface area contributed by atoms with Gasteiger partial charge in [-0.15, -0.1) is 0 Å². The van der Waals surface area contributed by atoms with E-state index >= 15 is 0 Å². The van der Waals surface area contributed by atoms with Crippen molar-refractivity contribution in [3.05, 3.63) is 64.3 Å². The Bertz CT molecular complexity index is 775. The molecule has 0 bridgehead atoms. The number of carbonyl (C=O) groups excluding carboxylic acids is 1. The fraction of sp³-hybridized carbons (Fsp3) is 0.0625. The number of aromatic amines is 1. The van der Waals surface area contributed by atoms with E-state index in [4.69, 9.17) is 0 Å². The van der Waals surface area contributed by atoms with Gasteiger partial charge in [0.15, 0.2) is 0 Å². The molecule has 0 spiro atoms. The first kappa shape index (κ1) is 12.9. The highest BCUT2D eigenvalue weighted by Gasteiger charge is 2.09. The quantitative estimate of drug-likeness (QED) is 0.715. The van der Waals surface area contributed by atoms with E-state index in [-0.39, 0.29) is 5.91 Å². The van der Waals surface area contributed by atoms with Crippen LogP contribution in [-0.4, -0.2) is 10.9 Å². The third kappa shape index (κ3) is 2.60. The van der Waals surface area contributed by atoms with Crippen LogP contribution in [0.1, 0.15) is 16.1 Å². The Morgan fingerprint density at radius 2 is 1.85 bits per heavy atom. The average Bonchev–Trinajstić information content (AvgIpc) is 2.84. The Balaban J connectivity index is 1.86. The van der Waals surface area contributed by atoms with E-state index in [2.05, 4.69) is 32.3 Å². The molecule has 3 aromatic rings. The number of anilines is 1. The molecule has 2 aromatic carbocycles. The zero-order valence-corrected chi connectivity index (χ0v) is 12.5. The molecule has 0 atom stereocenters. The largest absolute Gasteiger partial charge is 0.351 e. The Morgan fingerprint density at radius 3 is 2.60 bits per heavy atom. The summed E-state index contributed by atoms with van der Waals surface area (Å²) in [6, 6.07) is 15.4. The molecule has 1 aromatic heterocycles. The first-order chi connectivity index (χ1) is 9.61. The Morgan fingerprint density at radius 1 is 1.10 bits per heavy atom. The van der Waals surface area contributed by atoms with Crippen LogP contribution in [0, 0.1) is 6.92 Å². The number of nitrogens with one attached hydrogen (secondary N) is 2. The van der Waals surface area contributed by atoms with E-state index in [0.717, 1.165) is 21.1 Å². The van der Waals surface area contributed by atoms with Crippen molar-refractivity contribution < 1.29 is 4.79 Å². The van der Waals surface area contributed by atoms with Crippen molar-refractivity contribution in [3.63, 3.8) is 0 Å². The van der Waals surface area contributed by atoms with Crippen LogP contribution >= 0.6 is 15.9 Å². The average molecular weight is 329 g/mol. The maximum atomic E-state index is 12.2. The van der Waals surface area contributed by atoms with Crippen LogP contribution in [0.4, 0.5) is 5.69 Å². The highest BCUT2D eigenvalue weighted by atomic mass is 79.9. The van der Waals surface area contributed by atoms with Gasteiger partial charge in [-0.2, -0.15) is 0 Å². The van der Waals surface area contributed by atoms with E-state index in [1.807, 2.05) is 49.4 Å². The van der Waals surface area contributed by atoms with E-state index in [0.29, 0.717) is 5.69 Å². The second-order valence-corrected chi connectivity index (χ2v) is 5.65. The number of carbonyl (C=O) groups is 1. The lowest BCUT2D eigenvalue weighted by Crippen LogP contribution is -2.11. The second-order valence-electron chi connectivity index (χ2n) is 4.73. The summed E-state index contributed by atoms with van der Waals surface area (Å²) < 4.78 is 0.983. The number of hydrogen-bond acceptors (Lipinski definition) is 1. The highest BCUT2D eigenvalue weighted by Crippen LogP contribution is 2.19. The SMILES string of the molecule is Cc1ccc2[nH]c(C(=O)Nc3ccc(Br)cc3)cc2c1. The van der Waals surface area contributed by atoms with Gasteiger partial charge in [0.1, 0.15) is 5.69 Å². The van der Waals surface area contributed by atoms with Crippen LogP contribution in [0.3, 0.4) is 0 Å². The summed E-state index contributed by atoms with van der Waals surface area (Å²) in [5.41, 5.74) is 3.48. The number of aromatic nitrogens is 1. The van der Waals surface area contributed by atoms with Crippen molar-refractivity contribution in [3.8, 4) is 0 Å². The maximum Gasteiger partial charge on any atom is 0.272 e. The summed E-state index contributed by atoms with van der Waals surface area (Å²) in [7, 11) is 0. The summed E-state index contributed by atoms with van der Waals surface area (Å²) in [4.78, 5) is 15.3. The van der Waals surface area contributed by atoms with Crippen LogP contribution in [0.5, 0.6) is 0 Å². The number of hydrogen-bond donors (Lipinski definition) is 2. The van der Waals surface area contributed by atoms with Crippen molar-refractivity contribution in [2.75, 3.05) is 5.32 Å². The zero-order valence-electron chi connectivity index (χ0n) is 10.9. The van der Waals surface area contributed by atoms with E-state index in [1.165, 1.54) is 5.56 Å². The molecular weight excluding hydrogens is 316 g/mol. The number of benzene rings is 2. The minimum absolute atomic E-state index is 0.138. The topological polar surface area (TPSA) is 44.9 Å². The monoisotopic (exact) mass is 328 g/mol. The van der Waals surface area contributed by atoms with Gasteiger partial charge in [-0.3, -0.25) is 4.79 Å². The zero-order chi connectivity index (χ0) is 14.1. The van der Waals surface area contributed by atoms with E-state index in [1.54, 1.807) is 0 Å². The summed E-state index contributed by atoms with van der Waals surface area (Å²) >= 11 is 3.37. The number of aryl methyl sites for hydroxylation is 1. The molecule has 20 heavy (non-hydrogen) atoms. The first-order valence-electron chi connectivity index (χ1n) is 6.28. The van der Waals surface area contributed by atoms with E-state index in [9.17, 15) is 4.79 Å². The number of halogens is 1. The van der Waals surface area contributed by atoms with Gasteiger partial charge >= 0.3 is 0 Å². The van der Waals surface area contributed by atoms with Gasteiger partial charge in [-0.1, -0.05) is 27.6 Å². The Hall–Kier alpha value is -2.07. The third-order valence-corrected chi connectivity index (χ3v) is 3.65. The minimum Gasteiger partial charge on any atom is -0.351 e. The molecule has 3 rings (SSSR count). The van der Waals surface area contributed by atoms with Crippen LogP contribution in [0.15, 0.2) is 53.0 Å². The summed E-state index contributed by atoms with van der Waals surface area (Å²) in [5.74, 6) is -0.138. The first-order valence-corrected chi connectivity index (χ1v) is 7.07. The van der Waals surface area contributed by atoms with Gasteiger partial charge in [-0.05, 0) is 49.4 Å². The molecule has 2 N–H and O–H groups in total. The molecule has 0 saturated carbocycles. The summed E-state index contributed by atoms with van der Waals surface area (Å²) in [6.45, 7) is 2.04. The molecule has 0 unspecified atom stereocenters. The lowest BCUT2D eigenvalue weighted by atomic mass is 10.2. The normalized spacial score (nSPS) is 10.7. The molecule has 100 valence electrons. The van der Waals surface area contributed by atoms with Gasteiger partial charge in [0.05, 0.1) is 0 Å². The lowest BCUT2D eigenvalue weighted by Gasteiger charge is -2.03. The molecule has 0 fully saturated rings. The standard InChI is InChI=1S/C16H13BrN2O/c1-10-2-7-14-11(8-10)9-15(19-14)16(20)18-13-5-3-12(17)4-6-13/h2-9,19H,1H3,(H,18,20). The van der Waals surface area contributed by atoms with Crippen LogP contribution in [0.2, 0.25) is 0 Å². The molecule has 1 heterocycles. The second kappa shape index (κ2) is 5.13. The van der Waals surface area contributed by atoms with Crippen LogP contribution < -0.4 is 5.32 Å². The summed E-state index contributed by atoms with van der Waals surface area (Å²) in [6.07, 6.45) is 0. The predicted octanol–water partition coefficient (Wildman–Crippen LogP) is 4.49. The van der Waals surface area contributed by atoms with Gasteiger partial charge < -0.3 is 10.3 Å². The maximum absolute atomic E-state index is 12.2. The molecule has 3 nitrogen and oxygen atoms in total. The molecule has 1 amide bonds. The number of rotatable bonds is 2.